The summed E-state index contributed by atoms with van der Waals surface area (Å²) in [5.41, 5.74) is -0.165. The van der Waals surface area contributed by atoms with E-state index in [0.717, 1.165) is 57.8 Å². The van der Waals surface area contributed by atoms with E-state index in [2.05, 4.69) is 31.2 Å². The van der Waals surface area contributed by atoms with Crippen LogP contribution in [0.3, 0.4) is 0 Å². The van der Waals surface area contributed by atoms with Crippen LogP contribution >= 0.6 is 0 Å². The number of rotatable bonds is 22. The Bertz CT molecular complexity index is 2100. The Morgan fingerprint density at radius 1 is 0.794 bits per heavy atom. The first-order chi connectivity index (χ1) is 32.4. The van der Waals surface area contributed by atoms with Crippen LogP contribution in [0.25, 0.3) is 0 Å². The Labute approximate surface area is 400 Å². The molecule has 1 aromatic heterocycles. The first-order valence-electron chi connectivity index (χ1n) is 24.5. The highest BCUT2D eigenvalue weighted by Gasteiger charge is 2.45. The zero-order valence-corrected chi connectivity index (χ0v) is 40.7. The molecule has 68 heavy (non-hydrogen) atoms. The molecule has 1 unspecified atom stereocenters. The smallest absolute Gasteiger partial charge is 0.321 e. The van der Waals surface area contributed by atoms with Gasteiger partial charge in [-0.3, -0.25) is 43.3 Å². The number of urea groups is 1. The van der Waals surface area contributed by atoms with E-state index in [9.17, 15) is 43.2 Å². The summed E-state index contributed by atoms with van der Waals surface area (Å²) in [5, 5.41) is 11.6. The largest absolute Gasteiger partial charge is 0.351 e. The van der Waals surface area contributed by atoms with Crippen LogP contribution in [0.5, 0.6) is 0 Å². The number of nitrogens with zero attached hydrogens (tertiary/aromatic N) is 4. The summed E-state index contributed by atoms with van der Waals surface area (Å²) in [6.07, 6.45) is 11.5. The van der Waals surface area contributed by atoms with E-state index in [-0.39, 0.29) is 74.4 Å². The first kappa shape index (κ1) is 53.1. The van der Waals surface area contributed by atoms with Crippen molar-refractivity contribution in [3.63, 3.8) is 0 Å². The van der Waals surface area contributed by atoms with Gasteiger partial charge in [0, 0.05) is 82.8 Å². The number of aromatic nitrogens is 2. The van der Waals surface area contributed by atoms with Gasteiger partial charge in [-0.1, -0.05) is 84.4 Å². The van der Waals surface area contributed by atoms with Gasteiger partial charge in [0.1, 0.15) is 17.5 Å². The zero-order valence-electron chi connectivity index (χ0n) is 40.7. The molecule has 3 aliphatic rings. The van der Waals surface area contributed by atoms with E-state index >= 15 is 0 Å². The number of para-hydroxylation sites is 1. The Morgan fingerprint density at radius 2 is 1.44 bits per heavy atom. The van der Waals surface area contributed by atoms with Gasteiger partial charge in [0.05, 0.1) is 24.2 Å². The molecule has 2 aliphatic carbocycles. The van der Waals surface area contributed by atoms with Gasteiger partial charge in [0.25, 0.3) is 5.91 Å². The second-order valence-corrected chi connectivity index (χ2v) is 20.2. The molecule has 6 atom stereocenters. The van der Waals surface area contributed by atoms with Gasteiger partial charge >= 0.3 is 6.03 Å². The Kier molecular flexibility index (Phi) is 19.5. The minimum atomic E-state index is -0.998. The molecule has 0 radical (unpaired) electrons. The summed E-state index contributed by atoms with van der Waals surface area (Å²) in [6, 6.07) is 5.78. The summed E-state index contributed by atoms with van der Waals surface area (Å²) >= 11 is 0. The van der Waals surface area contributed by atoms with Crippen LogP contribution in [0.4, 0.5) is 10.5 Å². The number of likely N-dealkylation sites (N-methyl/N-ethyl adjacent to an activating group) is 1. The summed E-state index contributed by atoms with van der Waals surface area (Å²) in [6.45, 7) is 7.21. The number of ketones is 4. The second kappa shape index (κ2) is 24.9. The first-order valence-corrected chi connectivity index (χ1v) is 24.5. The Hall–Kier alpha value is -5.87. The van der Waals surface area contributed by atoms with Crippen molar-refractivity contribution < 1.29 is 43.2 Å². The molecule has 1 aliphatic heterocycles. The normalized spacial score (nSPS) is 19.5. The van der Waals surface area contributed by atoms with Gasteiger partial charge in [-0.2, -0.15) is 0 Å². The van der Waals surface area contributed by atoms with E-state index < -0.39 is 82.4 Å². The SMILES string of the molecule is CCC[C@H](CC(=O)[C@@H]1CN(C(=O)Nc2ccccc2)CC1NC(=O)[C@@H](CC(=O)[C@@H](NC(=O)c1cnccn1)C1CCCCC1)C(C)(C)C)C(=O)C(=O)CCC(=O)N[C@H](C(=O)N(C)C)C1CCCC1. The highest BCUT2D eigenvalue weighted by molar-refractivity contribution is 6.38. The number of Topliss-reactive ketones (excluding diaryl/α,β-unsaturated/α-hetero) is 4. The van der Waals surface area contributed by atoms with Crippen LogP contribution in [0.1, 0.15) is 134 Å². The Balaban J connectivity index is 1.31. The van der Waals surface area contributed by atoms with Crippen molar-refractivity contribution in [1.29, 1.82) is 0 Å². The van der Waals surface area contributed by atoms with Crippen LogP contribution in [0.2, 0.25) is 0 Å². The minimum absolute atomic E-state index is 0.00778. The van der Waals surface area contributed by atoms with Crippen molar-refractivity contribution in [2.45, 2.75) is 142 Å². The van der Waals surface area contributed by atoms with Crippen molar-refractivity contribution in [3.05, 3.63) is 54.6 Å². The van der Waals surface area contributed by atoms with Crippen molar-refractivity contribution in [2.75, 3.05) is 32.5 Å². The quantitative estimate of drug-likeness (QED) is 0.108. The number of benzene rings is 1. The average Bonchev–Trinajstić information content (AvgIpc) is 4.02. The monoisotopic (exact) mass is 941 g/mol. The Morgan fingerprint density at radius 3 is 2.04 bits per heavy atom. The summed E-state index contributed by atoms with van der Waals surface area (Å²) < 4.78 is 0. The maximum absolute atomic E-state index is 14.6. The highest BCUT2D eigenvalue weighted by atomic mass is 16.2. The van der Waals surface area contributed by atoms with Crippen LogP contribution in [0.15, 0.2) is 48.9 Å². The number of carbonyl (C=O) groups is 9. The molecule has 0 bridgehead atoms. The minimum Gasteiger partial charge on any atom is -0.351 e. The lowest BCUT2D eigenvalue weighted by Crippen LogP contribution is -2.51. The molecule has 3 fully saturated rings. The molecule has 1 saturated heterocycles. The molecule has 0 spiro atoms. The third-order valence-corrected chi connectivity index (χ3v) is 13.9. The van der Waals surface area contributed by atoms with Crippen molar-refractivity contribution >= 4 is 58.5 Å². The average molecular weight is 941 g/mol. The van der Waals surface area contributed by atoms with Crippen LogP contribution in [-0.4, -0.2) is 118 Å². The predicted octanol–water partition coefficient (Wildman–Crippen LogP) is 5.48. The number of hydrogen-bond acceptors (Lipinski definition) is 11. The van der Waals surface area contributed by atoms with Gasteiger partial charge < -0.3 is 31.1 Å². The second-order valence-electron chi connectivity index (χ2n) is 20.2. The molecular weight excluding hydrogens is 869 g/mol. The lowest BCUT2D eigenvalue weighted by atomic mass is 9.74. The van der Waals surface area contributed by atoms with Crippen LogP contribution in [-0.2, 0) is 33.6 Å². The van der Waals surface area contributed by atoms with E-state index in [1.165, 1.54) is 28.4 Å². The molecule has 6 amide bonds. The van der Waals surface area contributed by atoms with Crippen molar-refractivity contribution in [2.24, 2.45) is 35.0 Å². The van der Waals surface area contributed by atoms with E-state index in [0.29, 0.717) is 12.1 Å². The molecule has 4 N–H and O–H groups in total. The molecule has 2 aromatic rings. The maximum Gasteiger partial charge on any atom is 0.321 e. The number of carbonyl (C=O) groups excluding carboxylic acids is 9. The van der Waals surface area contributed by atoms with Gasteiger partial charge in [0.2, 0.25) is 23.5 Å². The number of likely N-dealkylation sites (tertiary alicyclic amines) is 1. The van der Waals surface area contributed by atoms with Gasteiger partial charge in [-0.05, 0) is 61.5 Å². The fourth-order valence-electron chi connectivity index (χ4n) is 9.97. The summed E-state index contributed by atoms with van der Waals surface area (Å²) in [7, 11) is 3.25. The molecular formula is C51H72N8O9. The summed E-state index contributed by atoms with van der Waals surface area (Å²) in [4.78, 5) is 135. The molecule has 17 heteroatoms. The van der Waals surface area contributed by atoms with E-state index in [1.54, 1.807) is 44.4 Å². The molecule has 17 nitrogen and oxygen atoms in total. The van der Waals surface area contributed by atoms with E-state index in [4.69, 9.17) is 0 Å². The maximum atomic E-state index is 14.6. The standard InChI is InChI=1S/C51H72N8O9/c1-7-16-34(46(64)40(60)23-24-43(63)56-45(49(67)58(5)6)33-19-14-15-20-33)27-41(61)36-30-59(50(68)54-35-21-12-9-13-22-35)31-39(36)55-47(65)37(51(2,3)4)28-42(62)44(32-17-10-8-11-18-32)57-48(66)38-29-52-25-26-53-38/h9,12-13,21-22,25-26,29,32-34,36-37,39,44-45H,7-8,10-11,14-20,23-24,27-28,30-31H2,1-6H3,(H,54,68)(H,55,65)(H,56,63)(H,57,66)/t34-,36-,37-,39?,44+,45+/m1/s1. The highest BCUT2D eigenvalue weighted by Crippen LogP contribution is 2.34. The fourth-order valence-corrected chi connectivity index (χ4v) is 9.97. The van der Waals surface area contributed by atoms with Gasteiger partial charge in [-0.15, -0.1) is 0 Å². The lowest BCUT2D eigenvalue weighted by Gasteiger charge is -2.34. The van der Waals surface area contributed by atoms with Crippen molar-refractivity contribution in [1.82, 2.24) is 35.7 Å². The van der Waals surface area contributed by atoms with E-state index in [1.807, 2.05) is 27.7 Å². The molecule has 370 valence electrons. The van der Waals surface area contributed by atoms with Crippen LogP contribution in [0, 0.1) is 35.0 Å². The summed E-state index contributed by atoms with van der Waals surface area (Å²) in [5.74, 6) is -7.06. The van der Waals surface area contributed by atoms with Gasteiger partial charge in [-0.25, -0.2) is 9.78 Å². The van der Waals surface area contributed by atoms with Gasteiger partial charge in [0.15, 0.2) is 11.6 Å². The number of hydrogen-bond donors (Lipinski definition) is 4. The molecule has 5 rings (SSSR count). The fraction of sp³-hybridized carbons (Fsp3) is 0.627. The molecule has 2 saturated carbocycles. The number of amides is 6. The topological polar surface area (TPSA) is 234 Å². The lowest BCUT2D eigenvalue weighted by molar-refractivity contribution is -0.141. The number of nitrogens with one attached hydrogen (secondary N) is 4. The molecule has 1 aromatic carbocycles. The van der Waals surface area contributed by atoms with Crippen LogP contribution < -0.4 is 21.3 Å². The third-order valence-electron chi connectivity index (χ3n) is 13.9. The number of anilines is 1. The molecule has 2 heterocycles. The predicted molar refractivity (Wildman–Crippen MR) is 255 cm³/mol. The zero-order chi connectivity index (χ0) is 49.5. The third kappa shape index (κ3) is 14.8. The van der Waals surface area contributed by atoms with Crippen molar-refractivity contribution in [3.8, 4) is 0 Å².